The van der Waals surface area contributed by atoms with E-state index in [1.165, 1.54) is 30.6 Å². The summed E-state index contributed by atoms with van der Waals surface area (Å²) < 4.78 is 89.4. The predicted octanol–water partition coefficient (Wildman–Crippen LogP) is 7.37. The number of aliphatic imine (C=N–C) groups is 1. The van der Waals surface area contributed by atoms with Crippen LogP contribution < -0.4 is 5.73 Å². The topological polar surface area (TPSA) is 157 Å². The lowest BCUT2D eigenvalue weighted by atomic mass is 9.75. The molecule has 55 heavy (non-hydrogen) atoms. The van der Waals surface area contributed by atoms with Gasteiger partial charge in [0.1, 0.15) is 12.9 Å². The Kier molecular flexibility index (Phi) is 10.0. The number of nitrogens with zero attached hydrogens (tertiary/aromatic N) is 8. The van der Waals surface area contributed by atoms with Crippen LogP contribution in [0.3, 0.4) is 0 Å². The largest absolute Gasteiger partial charge is 0.463 e. The minimum atomic E-state index is -3.15. The molecule has 1 fully saturated rings. The molecule has 0 saturated heterocycles. The lowest BCUT2D eigenvalue weighted by Crippen LogP contribution is -2.47. The lowest BCUT2D eigenvalue weighted by molar-refractivity contribution is -0.153. The average molecular weight is 770 g/mol. The third-order valence-corrected chi connectivity index (χ3v) is 9.94. The number of rotatable bonds is 13. The van der Waals surface area contributed by atoms with E-state index in [1.807, 2.05) is 26.8 Å². The second-order valence-electron chi connectivity index (χ2n) is 15.1. The van der Waals surface area contributed by atoms with Crippen LogP contribution in [0.25, 0.3) is 22.5 Å². The molecule has 1 aliphatic carbocycles. The van der Waals surface area contributed by atoms with Crippen molar-refractivity contribution in [2.24, 2.45) is 21.6 Å². The fraction of sp³-hybridized carbons (Fsp3) is 0.432. The van der Waals surface area contributed by atoms with E-state index < -0.39 is 66.3 Å². The Labute approximate surface area is 311 Å². The SMILES string of the molecule is CC(C)(C)C[C@]1(c2ccc(-c3cnn(C(F)F)c3)cc2)N=C(N)N([C@H](COC(=O)CC2(C(C)(F)F)CC2)c2ccc(C#N)c(-c3ncnn3C(F)F)c2)C1=O. The van der Waals surface area contributed by atoms with Crippen molar-refractivity contribution < 1.29 is 40.7 Å². The molecular formula is C37H37F6N9O3. The molecule has 12 nitrogen and oxygen atoms in total. The van der Waals surface area contributed by atoms with Crippen molar-refractivity contribution in [2.75, 3.05) is 6.61 Å². The van der Waals surface area contributed by atoms with Gasteiger partial charge >= 0.3 is 19.1 Å². The van der Waals surface area contributed by atoms with Gasteiger partial charge in [0.2, 0.25) is 0 Å². The molecule has 18 heteroatoms. The molecule has 0 bridgehead atoms. The second kappa shape index (κ2) is 14.2. The fourth-order valence-electron chi connectivity index (χ4n) is 6.99. The van der Waals surface area contributed by atoms with Gasteiger partial charge in [-0.1, -0.05) is 51.1 Å². The molecule has 1 aliphatic heterocycles. The summed E-state index contributed by atoms with van der Waals surface area (Å²) in [5.74, 6) is -5.41. The van der Waals surface area contributed by atoms with Crippen molar-refractivity contribution in [3.05, 3.63) is 77.9 Å². The quantitative estimate of drug-likeness (QED) is 0.109. The number of nitriles is 1. The van der Waals surface area contributed by atoms with Gasteiger partial charge in [0, 0.05) is 22.7 Å². The minimum Gasteiger partial charge on any atom is -0.463 e. The number of alkyl halides is 6. The summed E-state index contributed by atoms with van der Waals surface area (Å²) in [6.45, 7) is -0.192. The Bertz CT molecular complexity index is 2160. The third kappa shape index (κ3) is 7.51. The molecule has 3 heterocycles. The molecule has 4 aromatic rings. The van der Waals surface area contributed by atoms with Gasteiger partial charge in [0.25, 0.3) is 11.8 Å². The number of guanidine groups is 1. The number of carbonyl (C=O) groups is 2. The first kappa shape index (κ1) is 39.0. The van der Waals surface area contributed by atoms with Crippen LogP contribution in [0.5, 0.6) is 0 Å². The van der Waals surface area contributed by atoms with E-state index in [9.17, 15) is 41.2 Å². The molecule has 0 unspecified atom stereocenters. The van der Waals surface area contributed by atoms with Crippen molar-refractivity contribution >= 4 is 17.8 Å². The van der Waals surface area contributed by atoms with Gasteiger partial charge in [-0.3, -0.25) is 14.5 Å². The molecule has 2 aromatic carbocycles. The van der Waals surface area contributed by atoms with E-state index >= 15 is 0 Å². The van der Waals surface area contributed by atoms with Crippen LogP contribution in [-0.2, 0) is 19.9 Å². The van der Waals surface area contributed by atoms with Gasteiger partial charge in [-0.15, -0.1) is 0 Å². The van der Waals surface area contributed by atoms with E-state index in [4.69, 9.17) is 15.5 Å². The van der Waals surface area contributed by atoms with Gasteiger partial charge in [-0.25, -0.2) is 23.4 Å². The molecule has 6 rings (SSSR count). The summed E-state index contributed by atoms with van der Waals surface area (Å²) >= 11 is 0. The number of halogens is 6. The Hall–Kier alpha value is -5.73. The van der Waals surface area contributed by atoms with E-state index in [2.05, 4.69) is 15.2 Å². The lowest BCUT2D eigenvalue weighted by Gasteiger charge is -2.35. The van der Waals surface area contributed by atoms with Crippen molar-refractivity contribution in [2.45, 2.75) is 84.0 Å². The molecule has 0 spiro atoms. The Balaban J connectivity index is 1.42. The highest BCUT2D eigenvalue weighted by atomic mass is 19.3. The maximum absolute atomic E-state index is 15.0. The van der Waals surface area contributed by atoms with Gasteiger partial charge in [0.15, 0.2) is 17.3 Å². The Morgan fingerprint density at radius 3 is 2.27 bits per heavy atom. The normalized spacial score (nSPS) is 18.8. The molecule has 0 radical (unpaired) electrons. The molecule has 1 amide bonds. The highest BCUT2D eigenvalue weighted by Crippen LogP contribution is 2.59. The number of amides is 1. The summed E-state index contributed by atoms with van der Waals surface area (Å²) in [5.41, 5.74) is 4.14. The number of hydrogen-bond donors (Lipinski definition) is 1. The molecule has 290 valence electrons. The number of benzene rings is 2. The highest BCUT2D eigenvalue weighted by molar-refractivity contribution is 6.07. The van der Waals surface area contributed by atoms with Crippen molar-refractivity contribution in [1.82, 2.24) is 29.4 Å². The number of nitrogens with two attached hydrogens (primary N) is 1. The number of esters is 1. The average Bonchev–Trinajstić information content (AvgIpc) is 3.42. The summed E-state index contributed by atoms with van der Waals surface area (Å²) in [6.07, 6.45) is 3.09. The van der Waals surface area contributed by atoms with E-state index in [0.29, 0.717) is 26.1 Å². The Morgan fingerprint density at radius 1 is 1.02 bits per heavy atom. The van der Waals surface area contributed by atoms with Gasteiger partial charge in [-0.2, -0.15) is 37.7 Å². The summed E-state index contributed by atoms with van der Waals surface area (Å²) in [6, 6.07) is 11.2. The summed E-state index contributed by atoms with van der Waals surface area (Å²) in [4.78, 5) is 37.9. The van der Waals surface area contributed by atoms with Gasteiger partial charge < -0.3 is 10.5 Å². The van der Waals surface area contributed by atoms with Crippen LogP contribution in [-0.4, -0.2) is 59.8 Å². The highest BCUT2D eigenvalue weighted by Gasteiger charge is 2.60. The van der Waals surface area contributed by atoms with E-state index in [-0.39, 0.29) is 47.7 Å². The number of carbonyl (C=O) groups excluding carboxylic acids is 2. The van der Waals surface area contributed by atoms with Crippen LogP contribution in [0.1, 0.15) is 89.2 Å². The van der Waals surface area contributed by atoms with Crippen LogP contribution >= 0.6 is 0 Å². The molecule has 2 N–H and O–H groups in total. The van der Waals surface area contributed by atoms with Gasteiger partial charge in [-0.05, 0) is 60.4 Å². The standard InChI is InChI=1S/C37H37F6N9O3/c1-34(2,3)19-37(25-9-7-21(8-10-25)24-16-47-50(17-24)31(38)39)30(54)51(33(45)49-37)27(18-55-28(53)14-36(11-12-36)35(4,42)43)22-5-6-23(15-44)26(13-22)29-46-20-48-52(29)32(40)41/h5-10,13,16-17,20,27,31-32H,11-12,14,18-19H2,1-4H3,(H2,45,49)/t27-,37-/m1/s1. The maximum Gasteiger partial charge on any atom is 0.335 e. The molecule has 1 saturated carbocycles. The first-order valence-electron chi connectivity index (χ1n) is 17.2. The zero-order valence-corrected chi connectivity index (χ0v) is 30.2. The van der Waals surface area contributed by atoms with Gasteiger partial charge in [0.05, 0.1) is 30.3 Å². The van der Waals surface area contributed by atoms with Crippen molar-refractivity contribution in [1.29, 1.82) is 5.26 Å². The van der Waals surface area contributed by atoms with E-state index in [1.54, 1.807) is 24.3 Å². The first-order valence-corrected chi connectivity index (χ1v) is 17.2. The first-order chi connectivity index (χ1) is 25.8. The molecule has 2 aliphatic rings. The number of hydrogen-bond acceptors (Lipinski definition) is 9. The van der Waals surface area contributed by atoms with Crippen molar-refractivity contribution in [3.63, 3.8) is 0 Å². The zero-order valence-electron chi connectivity index (χ0n) is 30.2. The maximum atomic E-state index is 15.0. The van der Waals surface area contributed by atoms with Crippen LogP contribution in [0, 0.1) is 22.2 Å². The number of ether oxygens (including phenoxy) is 1. The second-order valence-corrected chi connectivity index (χ2v) is 15.1. The number of aromatic nitrogens is 5. The fourth-order valence-corrected chi connectivity index (χ4v) is 6.99. The van der Waals surface area contributed by atoms with Crippen LogP contribution in [0.4, 0.5) is 26.3 Å². The molecular weight excluding hydrogens is 732 g/mol. The molecule has 2 atom stereocenters. The Morgan fingerprint density at radius 2 is 1.71 bits per heavy atom. The minimum absolute atomic E-state index is 0.0640. The van der Waals surface area contributed by atoms with E-state index in [0.717, 1.165) is 18.2 Å². The monoisotopic (exact) mass is 769 g/mol. The van der Waals surface area contributed by atoms with Crippen LogP contribution in [0.2, 0.25) is 0 Å². The third-order valence-electron chi connectivity index (χ3n) is 9.94. The summed E-state index contributed by atoms with van der Waals surface area (Å²) in [7, 11) is 0. The molecule has 2 aromatic heterocycles. The van der Waals surface area contributed by atoms with Crippen LogP contribution in [0.15, 0.2) is 66.2 Å². The summed E-state index contributed by atoms with van der Waals surface area (Å²) in [5, 5.41) is 17.1. The van der Waals surface area contributed by atoms with Crippen molar-refractivity contribution in [3.8, 4) is 28.6 Å². The predicted molar refractivity (Wildman–Crippen MR) is 185 cm³/mol. The smallest absolute Gasteiger partial charge is 0.335 e. The zero-order chi connectivity index (χ0) is 40.1.